The van der Waals surface area contributed by atoms with Gasteiger partial charge in [0.25, 0.3) is 5.91 Å². The Morgan fingerprint density at radius 3 is 2.77 bits per heavy atom. The average Bonchev–Trinajstić information content (AvgIpc) is 3.32. The third kappa shape index (κ3) is 4.62. The van der Waals surface area contributed by atoms with Crippen LogP contribution in [0.25, 0.3) is 0 Å². The Bertz CT molecular complexity index is 741. The predicted octanol–water partition coefficient (Wildman–Crippen LogP) is 2.93. The molecule has 2 aromatic rings. The second-order valence-electron chi connectivity index (χ2n) is 7.00. The Morgan fingerprint density at radius 1 is 1.31 bits per heavy atom. The number of rotatable bonds is 7. The summed E-state index contributed by atoms with van der Waals surface area (Å²) in [7, 11) is 1.83. The Morgan fingerprint density at radius 2 is 2.04 bits per heavy atom. The van der Waals surface area contributed by atoms with Gasteiger partial charge in [0.15, 0.2) is 5.69 Å². The fraction of sp³-hybridized carbons (Fsp3) is 0.526. The van der Waals surface area contributed by atoms with Crippen molar-refractivity contribution in [1.82, 2.24) is 24.8 Å². The van der Waals surface area contributed by atoms with E-state index in [0.717, 1.165) is 12.0 Å². The fourth-order valence-corrected chi connectivity index (χ4v) is 3.51. The number of amides is 1. The van der Waals surface area contributed by atoms with E-state index in [1.165, 1.54) is 25.9 Å². The molecule has 1 amide bonds. The lowest BCUT2D eigenvalue weighted by atomic mass is 10.2. The first-order chi connectivity index (χ1) is 12.5. The van der Waals surface area contributed by atoms with Gasteiger partial charge in [-0.1, -0.05) is 35.0 Å². The van der Waals surface area contributed by atoms with E-state index in [4.69, 9.17) is 11.6 Å². The van der Waals surface area contributed by atoms with E-state index >= 15 is 0 Å². The smallest absolute Gasteiger partial charge is 0.275 e. The van der Waals surface area contributed by atoms with Crippen LogP contribution in [0.3, 0.4) is 0 Å². The minimum atomic E-state index is -0.0935. The van der Waals surface area contributed by atoms with E-state index in [1.54, 1.807) is 15.8 Å². The van der Waals surface area contributed by atoms with Gasteiger partial charge >= 0.3 is 0 Å². The van der Waals surface area contributed by atoms with Gasteiger partial charge in [-0.3, -0.25) is 4.79 Å². The number of likely N-dealkylation sites (tertiary alicyclic amines) is 1. The lowest BCUT2D eigenvalue weighted by molar-refractivity contribution is 0.0775. The maximum Gasteiger partial charge on any atom is 0.275 e. The van der Waals surface area contributed by atoms with Crippen molar-refractivity contribution in [2.24, 2.45) is 0 Å². The Kier molecular flexibility index (Phi) is 6.27. The van der Waals surface area contributed by atoms with E-state index in [1.807, 2.05) is 31.3 Å². The second-order valence-corrected chi connectivity index (χ2v) is 7.41. The highest BCUT2D eigenvalue weighted by molar-refractivity contribution is 6.31. The zero-order valence-electron chi connectivity index (χ0n) is 15.4. The first-order valence-corrected chi connectivity index (χ1v) is 9.55. The normalized spacial score (nSPS) is 16.0. The number of hydrogen-bond acceptors (Lipinski definition) is 4. The number of hydrogen-bond donors (Lipinski definition) is 0. The number of nitrogens with zero attached hydrogens (tertiary/aromatic N) is 5. The van der Waals surface area contributed by atoms with Crippen molar-refractivity contribution in [2.45, 2.75) is 38.8 Å². The molecule has 0 bridgehead atoms. The van der Waals surface area contributed by atoms with Gasteiger partial charge in [-0.2, -0.15) is 0 Å². The monoisotopic (exact) mass is 375 g/mol. The summed E-state index contributed by atoms with van der Waals surface area (Å²) < 4.78 is 1.65. The van der Waals surface area contributed by atoms with E-state index in [9.17, 15) is 4.79 Å². The minimum absolute atomic E-state index is 0.0935. The third-order valence-corrected chi connectivity index (χ3v) is 5.41. The number of carbonyl (C=O) groups excluding carboxylic acids is 1. The molecule has 0 radical (unpaired) electrons. The van der Waals surface area contributed by atoms with Crippen molar-refractivity contribution < 1.29 is 4.79 Å². The molecule has 1 fully saturated rings. The predicted molar refractivity (Wildman–Crippen MR) is 102 cm³/mol. The van der Waals surface area contributed by atoms with Crippen molar-refractivity contribution in [3.8, 4) is 0 Å². The van der Waals surface area contributed by atoms with E-state index < -0.39 is 0 Å². The number of carbonyl (C=O) groups is 1. The zero-order chi connectivity index (χ0) is 18.5. The lowest BCUT2D eigenvalue weighted by Gasteiger charge is -2.25. The van der Waals surface area contributed by atoms with Crippen LogP contribution in [0.4, 0.5) is 0 Å². The van der Waals surface area contributed by atoms with Crippen LogP contribution in [0.1, 0.15) is 42.2 Å². The van der Waals surface area contributed by atoms with Crippen LogP contribution in [0.2, 0.25) is 5.02 Å². The SMILES string of the molecule is C[C@H](CCN(C)C(=O)c1cn(Cc2ccccc2Cl)nn1)N1CCCC1. The molecule has 1 atom stereocenters. The highest BCUT2D eigenvalue weighted by Crippen LogP contribution is 2.16. The van der Waals surface area contributed by atoms with Gasteiger partial charge in [0.2, 0.25) is 0 Å². The van der Waals surface area contributed by atoms with Crippen molar-refractivity contribution >= 4 is 17.5 Å². The van der Waals surface area contributed by atoms with Crippen LogP contribution in [-0.2, 0) is 6.54 Å². The zero-order valence-corrected chi connectivity index (χ0v) is 16.2. The van der Waals surface area contributed by atoms with Crippen LogP contribution in [0.5, 0.6) is 0 Å². The van der Waals surface area contributed by atoms with E-state index in [2.05, 4.69) is 22.1 Å². The molecule has 1 aliphatic rings. The molecule has 0 spiro atoms. The van der Waals surface area contributed by atoms with E-state index in [-0.39, 0.29) is 5.91 Å². The summed E-state index contributed by atoms with van der Waals surface area (Å²) in [6.45, 7) is 5.80. The molecule has 1 aliphatic heterocycles. The molecule has 3 rings (SSSR count). The molecule has 2 heterocycles. The summed E-state index contributed by atoms with van der Waals surface area (Å²) in [6, 6.07) is 8.11. The summed E-state index contributed by atoms with van der Waals surface area (Å²) >= 11 is 6.18. The molecular formula is C19H26ClN5O. The van der Waals surface area contributed by atoms with Gasteiger partial charge in [0.1, 0.15) is 0 Å². The highest BCUT2D eigenvalue weighted by Gasteiger charge is 2.20. The van der Waals surface area contributed by atoms with Crippen molar-refractivity contribution in [3.63, 3.8) is 0 Å². The quantitative estimate of drug-likeness (QED) is 0.746. The summed E-state index contributed by atoms with van der Waals surface area (Å²) in [4.78, 5) is 16.8. The number of halogens is 1. The van der Waals surface area contributed by atoms with Gasteiger partial charge in [-0.15, -0.1) is 5.10 Å². The second kappa shape index (κ2) is 8.64. The van der Waals surface area contributed by atoms with Gasteiger partial charge in [0, 0.05) is 24.7 Å². The molecule has 0 aliphatic carbocycles. The first-order valence-electron chi connectivity index (χ1n) is 9.17. The van der Waals surface area contributed by atoms with Crippen LogP contribution in [-0.4, -0.2) is 63.4 Å². The molecule has 7 heteroatoms. The topological polar surface area (TPSA) is 54.3 Å². The average molecular weight is 376 g/mol. The van der Waals surface area contributed by atoms with Gasteiger partial charge in [-0.25, -0.2) is 4.68 Å². The maximum atomic E-state index is 12.6. The molecule has 6 nitrogen and oxygen atoms in total. The van der Waals surface area contributed by atoms with Crippen molar-refractivity contribution in [2.75, 3.05) is 26.7 Å². The Labute approximate surface area is 159 Å². The minimum Gasteiger partial charge on any atom is -0.340 e. The van der Waals surface area contributed by atoms with Crippen LogP contribution in [0, 0.1) is 0 Å². The summed E-state index contributed by atoms with van der Waals surface area (Å²) in [5, 5.41) is 8.79. The number of aromatic nitrogens is 3. The molecule has 26 heavy (non-hydrogen) atoms. The van der Waals surface area contributed by atoms with E-state index in [0.29, 0.717) is 29.8 Å². The summed E-state index contributed by atoms with van der Waals surface area (Å²) in [6.07, 6.45) is 5.23. The molecule has 1 aromatic carbocycles. The molecule has 0 N–H and O–H groups in total. The highest BCUT2D eigenvalue weighted by atomic mass is 35.5. The fourth-order valence-electron chi connectivity index (χ4n) is 3.32. The molecular weight excluding hydrogens is 350 g/mol. The summed E-state index contributed by atoms with van der Waals surface area (Å²) in [5.41, 5.74) is 1.32. The first kappa shape index (κ1) is 18.9. The third-order valence-electron chi connectivity index (χ3n) is 5.04. The van der Waals surface area contributed by atoms with Crippen molar-refractivity contribution in [1.29, 1.82) is 0 Å². The molecule has 1 aromatic heterocycles. The molecule has 0 saturated carbocycles. The van der Waals surface area contributed by atoms with Crippen LogP contribution >= 0.6 is 11.6 Å². The van der Waals surface area contributed by atoms with Crippen LogP contribution < -0.4 is 0 Å². The Balaban J connectivity index is 1.54. The standard InChI is InChI=1S/C19H26ClN5O/c1-15(24-10-5-6-11-24)9-12-23(2)19(26)18-14-25(22-21-18)13-16-7-3-4-8-17(16)20/h3-4,7-8,14-15H,5-6,9-13H2,1-2H3/t15-/m1/s1. The van der Waals surface area contributed by atoms with Crippen molar-refractivity contribution in [3.05, 3.63) is 46.7 Å². The summed E-state index contributed by atoms with van der Waals surface area (Å²) in [5.74, 6) is -0.0935. The lowest BCUT2D eigenvalue weighted by Crippen LogP contribution is -2.35. The van der Waals surface area contributed by atoms with Gasteiger partial charge < -0.3 is 9.80 Å². The Hall–Kier alpha value is -1.92. The molecule has 140 valence electrons. The largest absolute Gasteiger partial charge is 0.340 e. The van der Waals surface area contributed by atoms with Gasteiger partial charge in [0.05, 0.1) is 12.7 Å². The van der Waals surface area contributed by atoms with Crippen LogP contribution in [0.15, 0.2) is 30.5 Å². The maximum absolute atomic E-state index is 12.6. The van der Waals surface area contributed by atoms with Gasteiger partial charge in [-0.05, 0) is 50.9 Å². The molecule has 1 saturated heterocycles. The molecule has 0 unspecified atom stereocenters. The number of benzene rings is 1.